The van der Waals surface area contributed by atoms with Crippen molar-refractivity contribution in [2.45, 2.75) is 25.2 Å². The largest absolute Gasteiger partial charge is 0.356 e. The molecular weight excluding hydrogens is 306 g/mol. The van der Waals surface area contributed by atoms with Crippen LogP contribution in [-0.4, -0.2) is 47.0 Å². The van der Waals surface area contributed by atoms with E-state index in [2.05, 4.69) is 25.2 Å². The molecule has 1 N–H and O–H groups in total. The van der Waals surface area contributed by atoms with Crippen LogP contribution in [0.15, 0.2) is 36.8 Å². The Hall–Kier alpha value is -2.25. The molecule has 0 atom stereocenters. The fourth-order valence-electron chi connectivity index (χ4n) is 3.16. The van der Waals surface area contributed by atoms with E-state index in [1.807, 2.05) is 24.4 Å². The predicted octanol–water partition coefficient (Wildman–Crippen LogP) is 1.83. The minimum Gasteiger partial charge on any atom is -0.356 e. The van der Waals surface area contributed by atoms with Gasteiger partial charge in [0.05, 0.1) is 13.2 Å². The molecule has 7 heteroatoms. The summed E-state index contributed by atoms with van der Waals surface area (Å²) in [6.07, 6.45) is 7.13. The van der Waals surface area contributed by atoms with Crippen molar-refractivity contribution in [1.82, 2.24) is 15.0 Å². The topological polar surface area (TPSA) is 72.4 Å². The number of nitrogens with zero attached hydrogens (tertiary/aromatic N) is 4. The summed E-state index contributed by atoms with van der Waals surface area (Å²) in [4.78, 5) is 15.3. The highest BCUT2D eigenvalue weighted by Crippen LogP contribution is 2.32. The molecule has 2 aliphatic heterocycles. The van der Waals surface area contributed by atoms with E-state index in [-0.39, 0.29) is 5.79 Å². The summed E-state index contributed by atoms with van der Waals surface area (Å²) in [5, 5.41) is 3.25. The molecule has 2 saturated heterocycles. The van der Waals surface area contributed by atoms with Gasteiger partial charge in [-0.1, -0.05) is 6.07 Å². The van der Waals surface area contributed by atoms with Crippen LogP contribution < -0.4 is 10.2 Å². The number of ether oxygens (including phenoxy) is 2. The molecule has 0 bridgehead atoms. The smallest absolute Gasteiger partial charge is 0.224 e. The van der Waals surface area contributed by atoms with E-state index in [9.17, 15) is 0 Å². The van der Waals surface area contributed by atoms with E-state index in [4.69, 9.17) is 9.47 Å². The summed E-state index contributed by atoms with van der Waals surface area (Å²) in [6.45, 7) is 3.81. The van der Waals surface area contributed by atoms with Crippen molar-refractivity contribution in [1.29, 1.82) is 0 Å². The van der Waals surface area contributed by atoms with Gasteiger partial charge in [0.15, 0.2) is 5.79 Å². The number of hydrogen-bond acceptors (Lipinski definition) is 7. The second-order valence-electron chi connectivity index (χ2n) is 6.05. The van der Waals surface area contributed by atoms with Crippen molar-refractivity contribution in [3.63, 3.8) is 0 Å². The average molecular weight is 327 g/mol. The van der Waals surface area contributed by atoms with Gasteiger partial charge >= 0.3 is 0 Å². The number of pyridine rings is 1. The van der Waals surface area contributed by atoms with Gasteiger partial charge < -0.3 is 19.7 Å². The van der Waals surface area contributed by atoms with Gasteiger partial charge in [0.1, 0.15) is 5.82 Å². The first-order valence-electron chi connectivity index (χ1n) is 8.32. The highest BCUT2D eigenvalue weighted by atomic mass is 16.7. The maximum Gasteiger partial charge on any atom is 0.224 e. The van der Waals surface area contributed by atoms with Gasteiger partial charge in [-0.15, -0.1) is 0 Å². The Labute approximate surface area is 141 Å². The number of rotatable bonds is 4. The van der Waals surface area contributed by atoms with Gasteiger partial charge in [0, 0.05) is 51.1 Å². The lowest BCUT2D eigenvalue weighted by molar-refractivity contribution is -0.169. The van der Waals surface area contributed by atoms with Crippen LogP contribution in [0.1, 0.15) is 18.4 Å². The summed E-state index contributed by atoms with van der Waals surface area (Å²) < 4.78 is 11.6. The Balaban J connectivity index is 1.38. The molecule has 126 valence electrons. The van der Waals surface area contributed by atoms with Gasteiger partial charge in [0.25, 0.3) is 0 Å². The van der Waals surface area contributed by atoms with E-state index < -0.39 is 0 Å². The van der Waals surface area contributed by atoms with Gasteiger partial charge in [0.2, 0.25) is 5.95 Å². The monoisotopic (exact) mass is 327 g/mol. The first-order chi connectivity index (χ1) is 11.8. The first kappa shape index (κ1) is 15.3. The highest BCUT2D eigenvalue weighted by molar-refractivity contribution is 5.43. The zero-order valence-corrected chi connectivity index (χ0v) is 13.5. The number of anilines is 2. The Bertz CT molecular complexity index is 666. The van der Waals surface area contributed by atoms with Gasteiger partial charge in [-0.25, -0.2) is 4.98 Å². The summed E-state index contributed by atoms with van der Waals surface area (Å²) in [5.74, 6) is 1.21. The van der Waals surface area contributed by atoms with Crippen molar-refractivity contribution in [2.24, 2.45) is 0 Å². The minimum absolute atomic E-state index is 0.356. The molecule has 1 spiro atoms. The average Bonchev–Trinajstić information content (AvgIpc) is 3.10. The molecule has 0 saturated carbocycles. The lowest BCUT2D eigenvalue weighted by atomic mass is 10.0. The molecule has 0 aromatic carbocycles. The standard InChI is InChI=1S/C17H21N5O2/c1-2-14(12-18-6-1)13-20-16-19-7-3-15(21-16)22-8-4-17(5-9-22)23-10-11-24-17/h1-3,6-7,12H,4-5,8-11,13H2,(H,19,20,21). The Morgan fingerprint density at radius 2 is 1.96 bits per heavy atom. The molecule has 0 radical (unpaired) electrons. The summed E-state index contributed by atoms with van der Waals surface area (Å²) in [7, 11) is 0. The van der Waals surface area contributed by atoms with Crippen molar-refractivity contribution in [2.75, 3.05) is 36.5 Å². The minimum atomic E-state index is -0.356. The third-order valence-corrected chi connectivity index (χ3v) is 4.48. The van der Waals surface area contributed by atoms with E-state index in [0.717, 1.165) is 37.3 Å². The van der Waals surface area contributed by atoms with Crippen LogP contribution in [0.25, 0.3) is 0 Å². The molecule has 0 aliphatic carbocycles. The second kappa shape index (κ2) is 6.70. The summed E-state index contributed by atoms with van der Waals surface area (Å²) >= 11 is 0. The molecule has 2 fully saturated rings. The number of aromatic nitrogens is 3. The molecule has 0 amide bonds. The SMILES string of the molecule is c1cncc(CNc2nccc(N3CCC4(CC3)OCCO4)n2)c1. The van der Waals surface area contributed by atoms with E-state index in [0.29, 0.717) is 25.7 Å². The fourth-order valence-corrected chi connectivity index (χ4v) is 3.16. The molecule has 2 aromatic rings. The number of nitrogens with one attached hydrogen (secondary N) is 1. The van der Waals surface area contributed by atoms with Crippen molar-refractivity contribution in [3.8, 4) is 0 Å². The third kappa shape index (κ3) is 3.32. The number of piperidine rings is 1. The molecule has 2 aromatic heterocycles. The van der Waals surface area contributed by atoms with Crippen LogP contribution in [0.5, 0.6) is 0 Å². The molecule has 0 unspecified atom stereocenters. The van der Waals surface area contributed by atoms with Crippen LogP contribution in [0, 0.1) is 0 Å². The summed E-state index contributed by atoms with van der Waals surface area (Å²) in [6, 6.07) is 5.89. The van der Waals surface area contributed by atoms with E-state index >= 15 is 0 Å². The maximum absolute atomic E-state index is 5.78. The normalized spacial score (nSPS) is 19.6. The Morgan fingerprint density at radius 3 is 2.71 bits per heavy atom. The summed E-state index contributed by atoms with van der Waals surface area (Å²) in [5.41, 5.74) is 1.10. The molecular formula is C17H21N5O2. The third-order valence-electron chi connectivity index (χ3n) is 4.48. The maximum atomic E-state index is 5.78. The van der Waals surface area contributed by atoms with Gasteiger partial charge in [-0.05, 0) is 17.7 Å². The van der Waals surface area contributed by atoms with Crippen LogP contribution in [-0.2, 0) is 16.0 Å². The van der Waals surface area contributed by atoms with Crippen LogP contribution in [0.2, 0.25) is 0 Å². The highest BCUT2D eigenvalue weighted by Gasteiger charge is 2.40. The van der Waals surface area contributed by atoms with Crippen molar-refractivity contribution < 1.29 is 9.47 Å². The Morgan fingerprint density at radius 1 is 1.12 bits per heavy atom. The lowest BCUT2D eigenvalue weighted by Gasteiger charge is -2.38. The fraction of sp³-hybridized carbons (Fsp3) is 0.471. The molecule has 7 nitrogen and oxygen atoms in total. The molecule has 24 heavy (non-hydrogen) atoms. The van der Waals surface area contributed by atoms with Crippen molar-refractivity contribution in [3.05, 3.63) is 42.4 Å². The van der Waals surface area contributed by atoms with Crippen LogP contribution >= 0.6 is 0 Å². The van der Waals surface area contributed by atoms with Gasteiger partial charge in [-0.2, -0.15) is 4.98 Å². The van der Waals surface area contributed by atoms with Crippen molar-refractivity contribution >= 4 is 11.8 Å². The van der Waals surface area contributed by atoms with E-state index in [1.165, 1.54) is 0 Å². The second-order valence-corrected chi connectivity index (χ2v) is 6.05. The molecule has 2 aliphatic rings. The van der Waals surface area contributed by atoms with Gasteiger partial charge in [-0.3, -0.25) is 4.98 Å². The van der Waals surface area contributed by atoms with Crippen LogP contribution in [0.3, 0.4) is 0 Å². The molecule has 4 heterocycles. The van der Waals surface area contributed by atoms with Crippen LogP contribution in [0.4, 0.5) is 11.8 Å². The molecule has 4 rings (SSSR count). The zero-order chi connectivity index (χ0) is 16.2. The Kier molecular flexibility index (Phi) is 4.27. The lowest BCUT2D eigenvalue weighted by Crippen LogP contribution is -2.45. The first-order valence-corrected chi connectivity index (χ1v) is 8.32. The predicted molar refractivity (Wildman–Crippen MR) is 89.7 cm³/mol. The van der Waals surface area contributed by atoms with E-state index in [1.54, 1.807) is 12.4 Å². The zero-order valence-electron chi connectivity index (χ0n) is 13.5. The number of hydrogen-bond donors (Lipinski definition) is 1. The quantitative estimate of drug-likeness (QED) is 0.918.